The molecule has 2 aromatic carbocycles. The molecule has 1 fully saturated rings. The lowest BCUT2D eigenvalue weighted by Crippen LogP contribution is -2.50. The van der Waals surface area contributed by atoms with Gasteiger partial charge < -0.3 is 20.7 Å². The van der Waals surface area contributed by atoms with E-state index in [1.165, 1.54) is 36.1 Å². The molecule has 1 aromatic heterocycles. The third kappa shape index (κ3) is 8.56. The Morgan fingerprint density at radius 3 is 2.39 bits per heavy atom. The van der Waals surface area contributed by atoms with Gasteiger partial charge in [-0.25, -0.2) is 9.78 Å². The molecule has 3 aromatic rings. The van der Waals surface area contributed by atoms with E-state index in [9.17, 15) is 27.6 Å². The average Bonchev–Trinajstić information content (AvgIpc) is 2.95. The standard InChI is InChI=1S/C32H36F3N5O4/c1-20(41)38-27-14-13-22(18-37-27)12-11-21-7-5-8-23(17-21)29(42)39-25-10-6-9-24(28(25)32(33,34)35)26-19-36-15-16-40(26)30(43)44-31(2,3)4/h5-10,13-14,17-18,26,36H,11-12,15-16,19H2,1-4H3,(H,39,42)(H,37,38,41). The van der Waals surface area contributed by atoms with Gasteiger partial charge in [0.05, 0.1) is 17.3 Å². The van der Waals surface area contributed by atoms with Crippen molar-refractivity contribution in [3.63, 3.8) is 0 Å². The highest BCUT2D eigenvalue weighted by atomic mass is 19.4. The van der Waals surface area contributed by atoms with Crippen LogP contribution in [0.2, 0.25) is 0 Å². The summed E-state index contributed by atoms with van der Waals surface area (Å²) < 4.78 is 49.3. The second-order valence-corrected chi connectivity index (χ2v) is 11.5. The molecule has 2 heterocycles. The van der Waals surface area contributed by atoms with Gasteiger partial charge in [0.15, 0.2) is 0 Å². The van der Waals surface area contributed by atoms with Crippen molar-refractivity contribution < 1.29 is 32.3 Å². The van der Waals surface area contributed by atoms with Crippen LogP contribution in [0.15, 0.2) is 60.8 Å². The number of benzene rings is 2. The van der Waals surface area contributed by atoms with Crippen LogP contribution in [0, 0.1) is 0 Å². The van der Waals surface area contributed by atoms with Crippen LogP contribution in [0.3, 0.4) is 0 Å². The third-order valence-electron chi connectivity index (χ3n) is 6.88. The molecule has 0 saturated carbocycles. The number of piperazine rings is 1. The number of nitrogens with one attached hydrogen (secondary N) is 3. The number of nitrogens with zero attached hydrogens (tertiary/aromatic N) is 2. The molecule has 0 aliphatic carbocycles. The average molecular weight is 612 g/mol. The lowest BCUT2D eigenvalue weighted by atomic mass is 9.95. The van der Waals surface area contributed by atoms with E-state index in [1.807, 2.05) is 12.1 Å². The summed E-state index contributed by atoms with van der Waals surface area (Å²) in [5, 5.41) is 8.13. The normalized spacial score (nSPS) is 15.4. The van der Waals surface area contributed by atoms with Crippen LogP contribution < -0.4 is 16.0 Å². The van der Waals surface area contributed by atoms with Crippen LogP contribution in [0.5, 0.6) is 0 Å². The number of carbonyl (C=O) groups excluding carboxylic acids is 3. The molecule has 3 amide bonds. The molecule has 44 heavy (non-hydrogen) atoms. The second kappa shape index (κ2) is 13.5. The summed E-state index contributed by atoms with van der Waals surface area (Å²) >= 11 is 0. The maximum Gasteiger partial charge on any atom is 0.418 e. The number of alkyl halides is 3. The topological polar surface area (TPSA) is 113 Å². The van der Waals surface area contributed by atoms with Crippen molar-refractivity contribution in [1.82, 2.24) is 15.2 Å². The third-order valence-corrected chi connectivity index (χ3v) is 6.88. The molecule has 3 N–H and O–H groups in total. The predicted octanol–water partition coefficient (Wildman–Crippen LogP) is 5.98. The second-order valence-electron chi connectivity index (χ2n) is 11.5. The summed E-state index contributed by atoms with van der Waals surface area (Å²) in [5.74, 6) is -0.468. The first-order valence-electron chi connectivity index (χ1n) is 14.2. The van der Waals surface area contributed by atoms with Crippen molar-refractivity contribution in [2.45, 2.75) is 58.4 Å². The monoisotopic (exact) mass is 611 g/mol. The number of rotatable bonds is 7. The smallest absolute Gasteiger partial charge is 0.418 e. The Hall–Kier alpha value is -4.45. The van der Waals surface area contributed by atoms with E-state index in [-0.39, 0.29) is 30.1 Å². The molecule has 1 unspecified atom stereocenters. The Bertz CT molecular complexity index is 1500. The van der Waals surface area contributed by atoms with Crippen molar-refractivity contribution in [3.8, 4) is 0 Å². The lowest BCUT2D eigenvalue weighted by molar-refractivity contribution is -0.138. The lowest BCUT2D eigenvalue weighted by Gasteiger charge is -2.38. The van der Waals surface area contributed by atoms with Crippen molar-refractivity contribution in [2.24, 2.45) is 0 Å². The van der Waals surface area contributed by atoms with Gasteiger partial charge in [0.25, 0.3) is 5.91 Å². The van der Waals surface area contributed by atoms with Crippen LogP contribution in [0.25, 0.3) is 0 Å². The summed E-state index contributed by atoms with van der Waals surface area (Å²) in [4.78, 5) is 42.9. The fraction of sp³-hybridized carbons (Fsp3) is 0.375. The molecule has 1 atom stereocenters. The number of pyridine rings is 1. The Balaban J connectivity index is 1.54. The first-order valence-corrected chi connectivity index (χ1v) is 14.2. The molecule has 1 aliphatic rings. The highest BCUT2D eigenvalue weighted by Gasteiger charge is 2.41. The molecular weight excluding hydrogens is 575 g/mol. The van der Waals surface area contributed by atoms with E-state index in [0.29, 0.717) is 25.2 Å². The minimum absolute atomic E-state index is 0.0905. The van der Waals surface area contributed by atoms with Gasteiger partial charge in [-0.1, -0.05) is 30.3 Å². The van der Waals surface area contributed by atoms with Gasteiger partial charge in [-0.15, -0.1) is 0 Å². The molecule has 9 nitrogen and oxygen atoms in total. The van der Waals surface area contributed by atoms with Crippen LogP contribution in [0.4, 0.5) is 29.5 Å². The Morgan fingerprint density at radius 2 is 1.73 bits per heavy atom. The van der Waals surface area contributed by atoms with Crippen LogP contribution in [-0.4, -0.2) is 53.0 Å². The number of amides is 3. The zero-order chi connectivity index (χ0) is 32.1. The summed E-state index contributed by atoms with van der Waals surface area (Å²) in [7, 11) is 0. The van der Waals surface area contributed by atoms with E-state index in [4.69, 9.17) is 4.74 Å². The zero-order valence-electron chi connectivity index (χ0n) is 25.0. The van der Waals surface area contributed by atoms with Crippen LogP contribution in [0.1, 0.15) is 66.3 Å². The summed E-state index contributed by atoms with van der Waals surface area (Å²) in [6.45, 7) is 7.13. The number of anilines is 2. The summed E-state index contributed by atoms with van der Waals surface area (Å²) in [5.41, 5.74) is -0.436. The van der Waals surface area contributed by atoms with Gasteiger partial charge in [0.2, 0.25) is 5.91 Å². The predicted molar refractivity (Wildman–Crippen MR) is 160 cm³/mol. The molecule has 1 saturated heterocycles. The molecule has 0 radical (unpaired) electrons. The van der Waals surface area contributed by atoms with Crippen molar-refractivity contribution in [2.75, 3.05) is 30.3 Å². The Labute approximate surface area is 254 Å². The number of ether oxygens (including phenoxy) is 1. The van der Waals surface area contributed by atoms with Crippen molar-refractivity contribution in [3.05, 3.63) is 88.6 Å². The van der Waals surface area contributed by atoms with E-state index < -0.39 is 41.1 Å². The minimum atomic E-state index is -4.82. The SMILES string of the molecule is CC(=O)Nc1ccc(CCc2cccc(C(=O)Nc3cccc(C4CNCCN4C(=O)OC(C)(C)C)c3C(F)(F)F)c2)cn1. The van der Waals surface area contributed by atoms with Gasteiger partial charge in [0.1, 0.15) is 11.4 Å². The fourth-order valence-corrected chi connectivity index (χ4v) is 4.97. The number of carbonyl (C=O) groups is 3. The zero-order valence-corrected chi connectivity index (χ0v) is 25.0. The molecule has 0 spiro atoms. The molecule has 4 rings (SSSR count). The quantitative estimate of drug-likeness (QED) is 0.303. The van der Waals surface area contributed by atoms with Crippen molar-refractivity contribution >= 4 is 29.4 Å². The first-order chi connectivity index (χ1) is 20.7. The van der Waals surface area contributed by atoms with Crippen molar-refractivity contribution in [1.29, 1.82) is 0 Å². The van der Waals surface area contributed by atoms with Gasteiger partial charge in [-0.3, -0.25) is 14.5 Å². The van der Waals surface area contributed by atoms with E-state index >= 15 is 0 Å². The number of aryl methyl sites for hydroxylation is 2. The largest absolute Gasteiger partial charge is 0.444 e. The maximum absolute atomic E-state index is 14.6. The fourth-order valence-electron chi connectivity index (χ4n) is 4.97. The Kier molecular flexibility index (Phi) is 9.93. The number of hydrogen-bond donors (Lipinski definition) is 3. The summed E-state index contributed by atoms with van der Waals surface area (Å²) in [6.07, 6.45) is -2.72. The number of aromatic nitrogens is 1. The first kappa shape index (κ1) is 32.5. The molecule has 234 valence electrons. The van der Waals surface area contributed by atoms with Crippen LogP contribution in [-0.2, 0) is 28.5 Å². The number of halogens is 3. The molecular formula is C32H36F3N5O4. The summed E-state index contributed by atoms with van der Waals surface area (Å²) in [6, 6.07) is 13.2. The molecule has 0 bridgehead atoms. The van der Waals surface area contributed by atoms with Crippen LogP contribution >= 0.6 is 0 Å². The van der Waals surface area contributed by atoms with Gasteiger partial charge >= 0.3 is 12.3 Å². The van der Waals surface area contributed by atoms with E-state index in [2.05, 4.69) is 20.9 Å². The van der Waals surface area contributed by atoms with Gasteiger partial charge in [0, 0.05) is 38.3 Å². The maximum atomic E-state index is 14.6. The van der Waals surface area contributed by atoms with E-state index in [1.54, 1.807) is 45.2 Å². The Morgan fingerprint density at radius 1 is 1.00 bits per heavy atom. The highest BCUT2D eigenvalue weighted by molar-refractivity contribution is 6.05. The highest BCUT2D eigenvalue weighted by Crippen LogP contribution is 2.41. The van der Waals surface area contributed by atoms with Gasteiger partial charge in [-0.05, 0) is 74.6 Å². The number of hydrogen-bond acceptors (Lipinski definition) is 6. The van der Waals surface area contributed by atoms with Gasteiger partial charge in [-0.2, -0.15) is 13.2 Å². The molecule has 12 heteroatoms. The molecule has 1 aliphatic heterocycles. The minimum Gasteiger partial charge on any atom is -0.444 e. The van der Waals surface area contributed by atoms with E-state index in [0.717, 1.165) is 11.1 Å².